The molecule has 0 aliphatic heterocycles. The Hall–Kier alpha value is -2.57. The molecule has 0 spiro atoms. The first-order valence-electron chi connectivity index (χ1n) is 8.10. The van der Waals surface area contributed by atoms with Gasteiger partial charge in [-0.15, -0.1) is 0 Å². The normalized spacial score (nSPS) is 10.2. The second kappa shape index (κ2) is 9.94. The maximum absolute atomic E-state index is 11.9. The summed E-state index contributed by atoms with van der Waals surface area (Å²) >= 11 is 11.7. The third-order valence-corrected chi connectivity index (χ3v) is 3.97. The lowest BCUT2D eigenvalue weighted by atomic mass is 10.2. The number of hydrogen-bond acceptors (Lipinski definition) is 4. The highest BCUT2D eigenvalue weighted by Crippen LogP contribution is 2.20. The van der Waals surface area contributed by atoms with E-state index in [0.717, 1.165) is 5.56 Å². The summed E-state index contributed by atoms with van der Waals surface area (Å²) in [5.41, 5.74) is 1.92. The van der Waals surface area contributed by atoms with Crippen LogP contribution in [0.5, 0.6) is 0 Å². The predicted octanol–water partition coefficient (Wildman–Crippen LogP) is 4.20. The molecule has 0 saturated heterocycles. The Balaban J connectivity index is 1.71. The Morgan fingerprint density at radius 1 is 0.926 bits per heavy atom. The van der Waals surface area contributed by atoms with E-state index in [4.69, 9.17) is 27.9 Å². The first-order chi connectivity index (χ1) is 12.8. The van der Waals surface area contributed by atoms with Gasteiger partial charge in [0.25, 0.3) is 5.91 Å². The molecule has 0 heterocycles. The topological polar surface area (TPSA) is 84.5 Å². The molecule has 0 aliphatic carbocycles. The third kappa shape index (κ3) is 7.29. The van der Waals surface area contributed by atoms with Crippen LogP contribution in [0.1, 0.15) is 18.4 Å². The minimum atomic E-state index is -0.644. The SMILES string of the molecule is Cc1ccc(Cl)cc1NC(=O)COC(=O)CCC(=O)Nc1cccc(Cl)c1. The van der Waals surface area contributed by atoms with Crippen molar-refractivity contribution in [3.63, 3.8) is 0 Å². The zero-order valence-electron chi connectivity index (χ0n) is 14.6. The molecule has 27 heavy (non-hydrogen) atoms. The smallest absolute Gasteiger partial charge is 0.306 e. The summed E-state index contributed by atoms with van der Waals surface area (Å²) in [7, 11) is 0. The molecule has 0 radical (unpaired) electrons. The monoisotopic (exact) mass is 408 g/mol. The first kappa shape index (κ1) is 20.7. The maximum atomic E-state index is 11.9. The Kier molecular flexibility index (Phi) is 7.64. The van der Waals surface area contributed by atoms with Gasteiger partial charge in [-0.25, -0.2) is 0 Å². The molecule has 8 heteroatoms. The molecule has 0 aromatic heterocycles. The summed E-state index contributed by atoms with van der Waals surface area (Å²) in [4.78, 5) is 35.4. The zero-order chi connectivity index (χ0) is 19.8. The fraction of sp³-hybridized carbons (Fsp3) is 0.211. The molecule has 2 aromatic rings. The van der Waals surface area contributed by atoms with Crippen molar-refractivity contribution in [1.29, 1.82) is 0 Å². The molecule has 0 atom stereocenters. The highest BCUT2D eigenvalue weighted by atomic mass is 35.5. The number of amides is 2. The van der Waals surface area contributed by atoms with E-state index in [1.807, 2.05) is 6.92 Å². The Labute approximate surface area is 166 Å². The van der Waals surface area contributed by atoms with E-state index in [1.165, 1.54) is 0 Å². The summed E-state index contributed by atoms with van der Waals surface area (Å²) in [5.74, 6) is -1.49. The predicted molar refractivity (Wildman–Crippen MR) is 105 cm³/mol. The van der Waals surface area contributed by atoms with Crippen molar-refractivity contribution in [1.82, 2.24) is 0 Å². The van der Waals surface area contributed by atoms with Crippen LogP contribution in [0, 0.1) is 6.92 Å². The lowest BCUT2D eigenvalue weighted by molar-refractivity contribution is -0.147. The van der Waals surface area contributed by atoms with Gasteiger partial charge in [0, 0.05) is 27.8 Å². The second-order valence-electron chi connectivity index (χ2n) is 5.73. The number of ether oxygens (including phenoxy) is 1. The molecule has 2 N–H and O–H groups in total. The molecule has 0 fully saturated rings. The first-order valence-corrected chi connectivity index (χ1v) is 8.86. The molecule has 2 amide bonds. The Morgan fingerprint density at radius 3 is 2.41 bits per heavy atom. The van der Waals surface area contributed by atoms with Gasteiger partial charge in [0.05, 0.1) is 6.42 Å². The third-order valence-electron chi connectivity index (χ3n) is 3.50. The molecule has 2 aromatic carbocycles. The van der Waals surface area contributed by atoms with Crippen molar-refractivity contribution in [2.24, 2.45) is 0 Å². The number of hydrogen-bond donors (Lipinski definition) is 2. The minimum Gasteiger partial charge on any atom is -0.456 e. The van der Waals surface area contributed by atoms with Gasteiger partial charge in [-0.05, 0) is 42.8 Å². The van der Waals surface area contributed by atoms with Crippen molar-refractivity contribution in [2.45, 2.75) is 19.8 Å². The van der Waals surface area contributed by atoms with Crippen LogP contribution < -0.4 is 10.6 Å². The summed E-state index contributed by atoms with van der Waals surface area (Å²) in [5, 5.41) is 6.22. The fourth-order valence-electron chi connectivity index (χ4n) is 2.14. The average Bonchev–Trinajstić information content (AvgIpc) is 2.61. The van der Waals surface area contributed by atoms with Crippen molar-refractivity contribution in [2.75, 3.05) is 17.2 Å². The van der Waals surface area contributed by atoms with Crippen molar-refractivity contribution >= 4 is 52.4 Å². The average molecular weight is 409 g/mol. The van der Waals surface area contributed by atoms with E-state index in [9.17, 15) is 14.4 Å². The van der Waals surface area contributed by atoms with Crippen LogP contribution in [-0.4, -0.2) is 24.4 Å². The van der Waals surface area contributed by atoms with E-state index < -0.39 is 18.5 Å². The number of rotatable bonds is 7. The number of benzene rings is 2. The molecule has 0 unspecified atom stereocenters. The molecule has 6 nitrogen and oxygen atoms in total. The number of carbonyl (C=O) groups is 3. The molecule has 142 valence electrons. The van der Waals surface area contributed by atoms with E-state index >= 15 is 0 Å². The maximum Gasteiger partial charge on any atom is 0.306 e. The van der Waals surface area contributed by atoms with Gasteiger partial charge in [-0.3, -0.25) is 14.4 Å². The summed E-state index contributed by atoms with van der Waals surface area (Å²) < 4.78 is 4.88. The molecule has 0 aliphatic rings. The second-order valence-corrected chi connectivity index (χ2v) is 6.60. The highest BCUT2D eigenvalue weighted by molar-refractivity contribution is 6.31. The summed E-state index contributed by atoms with van der Waals surface area (Å²) in [6.07, 6.45) is -0.212. The van der Waals surface area contributed by atoms with Crippen molar-refractivity contribution < 1.29 is 19.1 Å². The number of nitrogens with one attached hydrogen (secondary N) is 2. The van der Waals surface area contributed by atoms with E-state index in [2.05, 4.69) is 10.6 Å². The zero-order valence-corrected chi connectivity index (χ0v) is 16.1. The minimum absolute atomic E-state index is 0.0691. The van der Waals surface area contributed by atoms with Gasteiger partial charge < -0.3 is 15.4 Å². The number of esters is 1. The van der Waals surface area contributed by atoms with Crippen LogP contribution in [0.3, 0.4) is 0 Å². The van der Waals surface area contributed by atoms with Crippen LogP contribution in [0.25, 0.3) is 0 Å². The van der Waals surface area contributed by atoms with Gasteiger partial charge in [-0.1, -0.05) is 35.3 Å². The highest BCUT2D eigenvalue weighted by Gasteiger charge is 2.12. The lowest BCUT2D eigenvalue weighted by Gasteiger charge is -2.09. The molecule has 0 bridgehead atoms. The Morgan fingerprint density at radius 2 is 1.67 bits per heavy atom. The lowest BCUT2D eigenvalue weighted by Crippen LogP contribution is -2.22. The number of anilines is 2. The molecule has 2 rings (SSSR count). The molecular formula is C19H18Cl2N2O4. The van der Waals surface area contributed by atoms with Gasteiger partial charge in [0.15, 0.2) is 6.61 Å². The summed E-state index contributed by atoms with van der Waals surface area (Å²) in [6, 6.07) is 11.8. The summed E-state index contributed by atoms with van der Waals surface area (Å²) in [6.45, 7) is 1.37. The quantitative estimate of drug-likeness (QED) is 0.672. The van der Waals surface area contributed by atoms with Crippen LogP contribution in [0.2, 0.25) is 10.0 Å². The van der Waals surface area contributed by atoms with Crippen molar-refractivity contribution in [3.8, 4) is 0 Å². The number of halogens is 2. The molecule has 0 saturated carbocycles. The standard InChI is InChI=1S/C19H18Cl2N2O4/c1-12-5-6-14(21)10-16(12)23-18(25)11-27-19(26)8-7-17(24)22-15-4-2-3-13(20)9-15/h2-6,9-10H,7-8,11H2,1H3,(H,22,24)(H,23,25). The van der Waals surface area contributed by atoms with Crippen molar-refractivity contribution in [3.05, 3.63) is 58.1 Å². The number of aryl methyl sites for hydroxylation is 1. The van der Waals surface area contributed by atoms with Crippen LogP contribution >= 0.6 is 23.2 Å². The fourth-order valence-corrected chi connectivity index (χ4v) is 2.50. The van der Waals surface area contributed by atoms with E-state index in [1.54, 1.807) is 42.5 Å². The Bertz CT molecular complexity index is 855. The van der Waals surface area contributed by atoms with E-state index in [0.29, 0.717) is 21.4 Å². The van der Waals surface area contributed by atoms with Crippen LogP contribution in [0.4, 0.5) is 11.4 Å². The largest absolute Gasteiger partial charge is 0.456 e. The van der Waals surface area contributed by atoms with Gasteiger partial charge in [-0.2, -0.15) is 0 Å². The molecular weight excluding hydrogens is 391 g/mol. The number of carbonyl (C=O) groups excluding carboxylic acids is 3. The van der Waals surface area contributed by atoms with Gasteiger partial charge in [0.2, 0.25) is 5.91 Å². The van der Waals surface area contributed by atoms with Crippen LogP contribution in [-0.2, 0) is 19.1 Å². The van der Waals surface area contributed by atoms with E-state index in [-0.39, 0.29) is 18.7 Å². The van der Waals surface area contributed by atoms with Gasteiger partial charge >= 0.3 is 5.97 Å². The van der Waals surface area contributed by atoms with Gasteiger partial charge in [0.1, 0.15) is 0 Å². The van der Waals surface area contributed by atoms with Crippen LogP contribution in [0.15, 0.2) is 42.5 Å².